The van der Waals surface area contributed by atoms with Crippen LogP contribution in [-0.4, -0.2) is 54.3 Å². The Morgan fingerprint density at radius 1 is 1.22 bits per heavy atom. The molecule has 1 saturated heterocycles. The number of benzene rings is 1. The van der Waals surface area contributed by atoms with Gasteiger partial charge in [-0.3, -0.25) is 9.48 Å². The Morgan fingerprint density at radius 2 is 2.04 bits per heavy atom. The number of nitrogens with zero attached hydrogens (tertiary/aromatic N) is 2. The minimum absolute atomic E-state index is 0.0803. The molecule has 0 radical (unpaired) electrons. The fourth-order valence-corrected chi connectivity index (χ4v) is 3.86. The monoisotopic (exact) mass is 371 g/mol. The second kappa shape index (κ2) is 7.70. The summed E-state index contributed by atoms with van der Waals surface area (Å²) in [4.78, 5) is 12.8. The number of rotatable bonds is 4. The normalized spacial score (nSPS) is 24.9. The van der Waals surface area contributed by atoms with Crippen molar-refractivity contribution in [1.82, 2.24) is 15.1 Å². The highest BCUT2D eigenvalue weighted by molar-refractivity contribution is 5.94. The number of ether oxygens (including phenoxy) is 3. The minimum Gasteiger partial charge on any atom is -0.497 e. The van der Waals surface area contributed by atoms with E-state index in [0.29, 0.717) is 18.9 Å². The first-order chi connectivity index (χ1) is 13.1. The third-order valence-electron chi connectivity index (χ3n) is 5.29. The molecule has 144 valence electrons. The minimum atomic E-state index is -0.112. The molecule has 2 aromatic rings. The quantitative estimate of drug-likeness (QED) is 0.892. The number of amides is 1. The second-order valence-corrected chi connectivity index (χ2v) is 7.07. The van der Waals surface area contributed by atoms with Crippen LogP contribution >= 0.6 is 0 Å². The lowest BCUT2D eigenvalue weighted by atomic mass is 9.89. The van der Waals surface area contributed by atoms with Crippen LogP contribution in [0.3, 0.4) is 0 Å². The summed E-state index contributed by atoms with van der Waals surface area (Å²) in [5.41, 5.74) is 2.20. The zero-order valence-corrected chi connectivity index (χ0v) is 15.7. The fraction of sp³-hybridized carbons (Fsp3) is 0.500. The average Bonchev–Trinajstić information content (AvgIpc) is 3.10. The smallest absolute Gasteiger partial charge is 0.269 e. The molecule has 2 fully saturated rings. The van der Waals surface area contributed by atoms with E-state index in [1.807, 2.05) is 30.3 Å². The van der Waals surface area contributed by atoms with Crippen LogP contribution in [0, 0.1) is 0 Å². The first-order valence-corrected chi connectivity index (χ1v) is 9.36. The first-order valence-electron chi connectivity index (χ1n) is 9.36. The Morgan fingerprint density at radius 3 is 2.85 bits per heavy atom. The molecule has 4 rings (SSSR count). The Labute approximate surface area is 158 Å². The van der Waals surface area contributed by atoms with E-state index in [0.717, 1.165) is 36.3 Å². The highest BCUT2D eigenvalue weighted by Crippen LogP contribution is 2.27. The van der Waals surface area contributed by atoms with E-state index in [1.165, 1.54) is 0 Å². The molecular weight excluding hydrogens is 346 g/mol. The standard InChI is InChI=1S/C20H25N3O4/c1-23-17(12-16(22-23)13-4-3-5-15(10-13)25-2)20(24)21-14-6-7-18-19(11-14)27-9-8-26-18/h3-5,10,12,14,18-19H,6-9,11H2,1-2H3,(H,21,24). The van der Waals surface area contributed by atoms with Gasteiger partial charge in [-0.05, 0) is 37.5 Å². The summed E-state index contributed by atoms with van der Waals surface area (Å²) in [5.74, 6) is 0.648. The number of carbonyl (C=O) groups excluding carboxylic acids is 1. The van der Waals surface area contributed by atoms with E-state index >= 15 is 0 Å². The molecular formula is C20H25N3O4. The number of hydrogen-bond donors (Lipinski definition) is 1. The van der Waals surface area contributed by atoms with E-state index < -0.39 is 0 Å². The van der Waals surface area contributed by atoms with Crippen LogP contribution in [0.1, 0.15) is 29.8 Å². The number of fused-ring (bicyclic) bond motifs is 1. The lowest BCUT2D eigenvalue weighted by Crippen LogP contribution is -2.49. The third-order valence-corrected chi connectivity index (χ3v) is 5.29. The fourth-order valence-electron chi connectivity index (χ4n) is 3.86. The van der Waals surface area contributed by atoms with E-state index in [4.69, 9.17) is 14.2 Å². The molecule has 1 amide bonds. The maximum absolute atomic E-state index is 12.8. The molecule has 3 atom stereocenters. The topological polar surface area (TPSA) is 74.6 Å². The lowest BCUT2D eigenvalue weighted by molar-refractivity contribution is -0.157. The molecule has 1 aromatic heterocycles. The number of hydrogen-bond acceptors (Lipinski definition) is 5. The maximum Gasteiger partial charge on any atom is 0.269 e. The van der Waals surface area contributed by atoms with Crippen LogP contribution in [0.2, 0.25) is 0 Å². The van der Waals surface area contributed by atoms with Crippen molar-refractivity contribution in [3.05, 3.63) is 36.0 Å². The molecule has 0 bridgehead atoms. The van der Waals surface area contributed by atoms with Crippen molar-refractivity contribution in [2.24, 2.45) is 7.05 Å². The summed E-state index contributed by atoms with van der Waals surface area (Å²) in [6, 6.07) is 9.56. The molecule has 7 heteroatoms. The van der Waals surface area contributed by atoms with E-state index in [9.17, 15) is 4.79 Å². The van der Waals surface area contributed by atoms with Gasteiger partial charge in [0.05, 0.1) is 38.2 Å². The van der Waals surface area contributed by atoms with Gasteiger partial charge in [-0.1, -0.05) is 12.1 Å². The molecule has 2 aliphatic rings. The van der Waals surface area contributed by atoms with Crippen molar-refractivity contribution in [2.45, 2.75) is 37.5 Å². The third kappa shape index (κ3) is 3.84. The predicted molar refractivity (Wildman–Crippen MR) is 99.8 cm³/mol. The van der Waals surface area contributed by atoms with Crippen molar-refractivity contribution >= 4 is 5.91 Å². The Hall–Kier alpha value is -2.38. The van der Waals surface area contributed by atoms with Crippen LogP contribution in [0.15, 0.2) is 30.3 Å². The molecule has 1 aliphatic heterocycles. The highest BCUT2D eigenvalue weighted by Gasteiger charge is 2.35. The largest absolute Gasteiger partial charge is 0.497 e. The highest BCUT2D eigenvalue weighted by atomic mass is 16.6. The van der Waals surface area contributed by atoms with Gasteiger partial charge in [0.1, 0.15) is 11.4 Å². The molecule has 0 spiro atoms. The molecule has 1 saturated carbocycles. The van der Waals surface area contributed by atoms with E-state index in [2.05, 4.69) is 10.4 Å². The summed E-state index contributed by atoms with van der Waals surface area (Å²) in [6.07, 6.45) is 2.85. The predicted octanol–water partition coefficient (Wildman–Crippen LogP) is 2.16. The zero-order chi connectivity index (χ0) is 18.8. The van der Waals surface area contributed by atoms with Gasteiger partial charge in [0.2, 0.25) is 0 Å². The molecule has 27 heavy (non-hydrogen) atoms. The molecule has 1 aliphatic carbocycles. The van der Waals surface area contributed by atoms with Crippen molar-refractivity contribution in [1.29, 1.82) is 0 Å². The van der Waals surface area contributed by atoms with Crippen LogP contribution in [0.4, 0.5) is 0 Å². The van der Waals surface area contributed by atoms with Crippen LogP contribution in [0.5, 0.6) is 5.75 Å². The molecule has 1 aromatic carbocycles. The van der Waals surface area contributed by atoms with Gasteiger partial charge in [0.15, 0.2) is 0 Å². The van der Waals surface area contributed by atoms with E-state index in [1.54, 1.807) is 18.8 Å². The summed E-state index contributed by atoms with van der Waals surface area (Å²) in [5, 5.41) is 7.63. The summed E-state index contributed by atoms with van der Waals surface area (Å²) >= 11 is 0. The number of aromatic nitrogens is 2. The second-order valence-electron chi connectivity index (χ2n) is 7.07. The van der Waals surface area contributed by atoms with Crippen LogP contribution < -0.4 is 10.1 Å². The van der Waals surface area contributed by atoms with Gasteiger partial charge < -0.3 is 19.5 Å². The SMILES string of the molecule is COc1cccc(-c2cc(C(=O)NC3CCC4OCCOC4C3)n(C)n2)c1. The summed E-state index contributed by atoms with van der Waals surface area (Å²) in [6.45, 7) is 1.30. The van der Waals surface area contributed by atoms with Gasteiger partial charge in [-0.25, -0.2) is 0 Å². The molecule has 7 nitrogen and oxygen atoms in total. The van der Waals surface area contributed by atoms with Gasteiger partial charge >= 0.3 is 0 Å². The van der Waals surface area contributed by atoms with Gasteiger partial charge in [0, 0.05) is 18.7 Å². The summed E-state index contributed by atoms with van der Waals surface area (Å²) < 4.78 is 18.4. The number of nitrogens with one attached hydrogen (secondary N) is 1. The van der Waals surface area contributed by atoms with Gasteiger partial charge in [-0.15, -0.1) is 0 Å². The average molecular weight is 371 g/mol. The van der Waals surface area contributed by atoms with Crippen molar-refractivity contribution < 1.29 is 19.0 Å². The van der Waals surface area contributed by atoms with Crippen molar-refractivity contribution in [3.8, 4) is 17.0 Å². The lowest BCUT2D eigenvalue weighted by Gasteiger charge is -2.39. The van der Waals surface area contributed by atoms with E-state index in [-0.39, 0.29) is 24.2 Å². The molecule has 2 heterocycles. The number of carbonyl (C=O) groups is 1. The number of aryl methyl sites for hydroxylation is 1. The van der Waals surface area contributed by atoms with Crippen molar-refractivity contribution in [3.63, 3.8) is 0 Å². The maximum atomic E-state index is 12.8. The Balaban J connectivity index is 1.45. The number of methoxy groups -OCH3 is 1. The Bertz CT molecular complexity index is 819. The van der Waals surface area contributed by atoms with Crippen molar-refractivity contribution in [2.75, 3.05) is 20.3 Å². The van der Waals surface area contributed by atoms with Crippen LogP contribution in [-0.2, 0) is 16.5 Å². The van der Waals surface area contributed by atoms with Gasteiger partial charge in [-0.2, -0.15) is 5.10 Å². The summed E-state index contributed by atoms with van der Waals surface area (Å²) in [7, 11) is 3.42. The van der Waals surface area contributed by atoms with Gasteiger partial charge in [0.25, 0.3) is 5.91 Å². The Kier molecular flexibility index (Phi) is 5.13. The first kappa shape index (κ1) is 18.0. The van der Waals surface area contributed by atoms with Crippen LogP contribution in [0.25, 0.3) is 11.3 Å². The zero-order valence-electron chi connectivity index (χ0n) is 15.7. The molecule has 1 N–H and O–H groups in total. The molecule has 3 unspecified atom stereocenters.